The van der Waals surface area contributed by atoms with Crippen molar-refractivity contribution < 1.29 is 14.3 Å². The minimum absolute atomic E-state index is 0.142. The molecule has 0 spiro atoms. The number of benzene rings is 2. The molecule has 1 amide bonds. The third kappa shape index (κ3) is 5.49. The van der Waals surface area contributed by atoms with Crippen molar-refractivity contribution in [2.45, 2.75) is 33.2 Å². The lowest BCUT2D eigenvalue weighted by Gasteiger charge is -2.20. The van der Waals surface area contributed by atoms with Gasteiger partial charge in [-0.2, -0.15) is 0 Å². The summed E-state index contributed by atoms with van der Waals surface area (Å²) in [6, 6.07) is 17.0. The van der Waals surface area contributed by atoms with E-state index in [2.05, 4.69) is 11.9 Å². The summed E-state index contributed by atoms with van der Waals surface area (Å²) in [4.78, 5) is 24.4. The maximum Gasteiger partial charge on any atom is 0.260 e. The average molecular weight is 462 g/mol. The van der Waals surface area contributed by atoms with Crippen molar-refractivity contribution in [1.29, 1.82) is 0 Å². The molecule has 2 heterocycles. The van der Waals surface area contributed by atoms with E-state index in [1.807, 2.05) is 55.5 Å². The molecule has 0 fully saturated rings. The Morgan fingerprint density at radius 1 is 1.06 bits per heavy atom. The van der Waals surface area contributed by atoms with Crippen LogP contribution in [0.5, 0.6) is 11.5 Å². The van der Waals surface area contributed by atoms with Crippen molar-refractivity contribution in [1.82, 2.24) is 9.97 Å². The lowest BCUT2D eigenvalue weighted by atomic mass is 10.1. The molecule has 0 atom stereocenters. The van der Waals surface area contributed by atoms with Gasteiger partial charge in [0.1, 0.15) is 17.0 Å². The molecular weight excluding hydrogens is 434 g/mol. The van der Waals surface area contributed by atoms with Crippen molar-refractivity contribution in [2.75, 3.05) is 18.1 Å². The van der Waals surface area contributed by atoms with Gasteiger partial charge in [-0.05, 0) is 55.3 Å². The number of carbonyl (C=O) groups excluding carboxylic acids is 1. The molecule has 0 N–H and O–H groups in total. The molecule has 0 radical (unpaired) electrons. The minimum atomic E-state index is -0.142. The molecule has 0 unspecified atom stereocenters. The van der Waals surface area contributed by atoms with Gasteiger partial charge in [-0.3, -0.25) is 14.7 Å². The van der Waals surface area contributed by atoms with Crippen molar-refractivity contribution in [3.8, 4) is 11.5 Å². The average Bonchev–Trinajstić information content (AvgIpc) is 3.28. The van der Waals surface area contributed by atoms with E-state index in [0.29, 0.717) is 36.2 Å². The Bertz CT molecular complexity index is 1210. The van der Waals surface area contributed by atoms with Crippen LogP contribution in [0.3, 0.4) is 0 Å². The van der Waals surface area contributed by atoms with Crippen LogP contribution in [-0.4, -0.2) is 29.1 Å². The van der Waals surface area contributed by atoms with Crippen molar-refractivity contribution in [3.63, 3.8) is 0 Å². The molecule has 6 nitrogen and oxygen atoms in total. The lowest BCUT2D eigenvalue weighted by Crippen LogP contribution is -2.30. The predicted octanol–water partition coefficient (Wildman–Crippen LogP) is 6.12. The standard InChI is InChI=1S/C26H27N3O3S/c1-3-5-15-32-21-11-6-10-20(16-21)25(30)29(18-19-9-8-14-27-17-19)26-28-24-22(31-4-2)12-7-13-23(24)33-26/h6-14,16-17H,3-5,15,18H2,1-2H3. The molecule has 2 aromatic heterocycles. The highest BCUT2D eigenvalue weighted by Crippen LogP contribution is 2.35. The van der Waals surface area contributed by atoms with E-state index in [9.17, 15) is 4.79 Å². The molecule has 7 heteroatoms. The summed E-state index contributed by atoms with van der Waals surface area (Å²) < 4.78 is 12.5. The number of para-hydroxylation sites is 1. The van der Waals surface area contributed by atoms with E-state index in [4.69, 9.17) is 14.5 Å². The van der Waals surface area contributed by atoms with E-state index >= 15 is 0 Å². The number of hydrogen-bond donors (Lipinski definition) is 0. The monoisotopic (exact) mass is 461 g/mol. The smallest absolute Gasteiger partial charge is 0.260 e. The molecule has 33 heavy (non-hydrogen) atoms. The summed E-state index contributed by atoms with van der Waals surface area (Å²) >= 11 is 1.47. The van der Waals surface area contributed by atoms with Gasteiger partial charge in [0.2, 0.25) is 0 Å². The normalized spacial score (nSPS) is 10.8. The second-order valence-corrected chi connectivity index (χ2v) is 8.52. The Morgan fingerprint density at radius 3 is 2.73 bits per heavy atom. The van der Waals surface area contributed by atoms with Crippen LogP contribution in [0.4, 0.5) is 5.13 Å². The maximum atomic E-state index is 13.7. The highest BCUT2D eigenvalue weighted by atomic mass is 32.1. The van der Waals surface area contributed by atoms with Crippen LogP contribution < -0.4 is 14.4 Å². The third-order valence-corrected chi connectivity index (χ3v) is 6.10. The number of carbonyl (C=O) groups is 1. The largest absolute Gasteiger partial charge is 0.494 e. The van der Waals surface area contributed by atoms with E-state index in [0.717, 1.165) is 34.4 Å². The zero-order valence-electron chi connectivity index (χ0n) is 18.9. The molecule has 0 saturated heterocycles. The quantitative estimate of drug-likeness (QED) is 0.266. The van der Waals surface area contributed by atoms with Crippen LogP contribution in [0, 0.1) is 0 Å². The summed E-state index contributed by atoms with van der Waals surface area (Å²) in [5.74, 6) is 1.27. The number of ether oxygens (including phenoxy) is 2. The molecule has 0 aliphatic rings. The summed E-state index contributed by atoms with van der Waals surface area (Å²) in [5.41, 5.74) is 2.24. The Morgan fingerprint density at radius 2 is 1.94 bits per heavy atom. The van der Waals surface area contributed by atoms with Crippen LogP contribution in [0.25, 0.3) is 10.2 Å². The number of anilines is 1. The Kier molecular flexibility index (Phi) is 7.52. The van der Waals surface area contributed by atoms with Crippen LogP contribution in [0.1, 0.15) is 42.6 Å². The molecule has 4 aromatic rings. The van der Waals surface area contributed by atoms with Gasteiger partial charge >= 0.3 is 0 Å². The Hall–Kier alpha value is -3.45. The summed E-state index contributed by atoms with van der Waals surface area (Å²) in [6.45, 7) is 5.60. The Labute approximate surface area is 197 Å². The first kappa shape index (κ1) is 22.7. The first-order valence-corrected chi connectivity index (χ1v) is 12.0. The SMILES string of the molecule is CCCCOc1cccc(C(=O)N(Cc2cccnc2)c2nc3c(OCC)cccc3s2)c1. The number of unbranched alkanes of at least 4 members (excludes halogenated alkanes) is 1. The number of amides is 1. The highest BCUT2D eigenvalue weighted by molar-refractivity contribution is 7.22. The molecule has 4 rings (SSSR count). The Balaban J connectivity index is 1.70. The van der Waals surface area contributed by atoms with Crippen molar-refractivity contribution in [2.24, 2.45) is 0 Å². The van der Waals surface area contributed by atoms with Gasteiger partial charge in [-0.15, -0.1) is 0 Å². The van der Waals surface area contributed by atoms with Gasteiger partial charge in [0, 0.05) is 18.0 Å². The van der Waals surface area contributed by atoms with Crippen LogP contribution in [0.2, 0.25) is 0 Å². The fourth-order valence-electron chi connectivity index (χ4n) is 3.41. The van der Waals surface area contributed by atoms with E-state index in [-0.39, 0.29) is 5.91 Å². The number of thiazole rings is 1. The molecule has 0 bridgehead atoms. The molecule has 0 aliphatic carbocycles. The second-order valence-electron chi connectivity index (χ2n) is 7.51. The van der Waals surface area contributed by atoms with E-state index in [1.54, 1.807) is 23.4 Å². The molecule has 2 aromatic carbocycles. The van der Waals surface area contributed by atoms with Crippen LogP contribution in [0.15, 0.2) is 67.0 Å². The van der Waals surface area contributed by atoms with Crippen LogP contribution >= 0.6 is 11.3 Å². The highest BCUT2D eigenvalue weighted by Gasteiger charge is 2.23. The number of nitrogens with zero attached hydrogens (tertiary/aromatic N) is 3. The first-order valence-electron chi connectivity index (χ1n) is 11.2. The van der Waals surface area contributed by atoms with Gasteiger partial charge < -0.3 is 9.47 Å². The second kappa shape index (κ2) is 10.9. The number of hydrogen-bond acceptors (Lipinski definition) is 6. The number of aromatic nitrogens is 2. The van der Waals surface area contributed by atoms with Crippen LogP contribution in [-0.2, 0) is 6.54 Å². The maximum absolute atomic E-state index is 13.7. The molecule has 170 valence electrons. The summed E-state index contributed by atoms with van der Waals surface area (Å²) in [7, 11) is 0. The minimum Gasteiger partial charge on any atom is -0.494 e. The van der Waals surface area contributed by atoms with E-state index < -0.39 is 0 Å². The van der Waals surface area contributed by atoms with Gasteiger partial charge in [0.25, 0.3) is 5.91 Å². The number of rotatable bonds is 10. The molecule has 0 aliphatic heterocycles. The van der Waals surface area contributed by atoms with Gasteiger partial charge in [-0.1, -0.05) is 42.9 Å². The third-order valence-electron chi connectivity index (χ3n) is 5.06. The van der Waals surface area contributed by atoms with Crippen molar-refractivity contribution >= 4 is 32.6 Å². The number of pyridine rings is 1. The fraction of sp³-hybridized carbons (Fsp3) is 0.269. The summed E-state index contributed by atoms with van der Waals surface area (Å²) in [6.07, 6.45) is 5.51. The summed E-state index contributed by atoms with van der Waals surface area (Å²) in [5, 5.41) is 0.614. The predicted molar refractivity (Wildman–Crippen MR) is 132 cm³/mol. The zero-order chi connectivity index (χ0) is 23.0. The lowest BCUT2D eigenvalue weighted by molar-refractivity contribution is 0.0984. The fourth-order valence-corrected chi connectivity index (χ4v) is 4.39. The first-order chi connectivity index (χ1) is 16.2. The topological polar surface area (TPSA) is 64.5 Å². The van der Waals surface area contributed by atoms with Crippen molar-refractivity contribution in [3.05, 3.63) is 78.1 Å². The van der Waals surface area contributed by atoms with E-state index in [1.165, 1.54) is 11.3 Å². The molecule has 0 saturated carbocycles. The van der Waals surface area contributed by atoms with Gasteiger partial charge in [0.15, 0.2) is 5.13 Å². The zero-order valence-corrected chi connectivity index (χ0v) is 19.7. The van der Waals surface area contributed by atoms with Gasteiger partial charge in [0.05, 0.1) is 24.5 Å². The number of fused-ring (bicyclic) bond motifs is 1. The van der Waals surface area contributed by atoms with Gasteiger partial charge in [-0.25, -0.2) is 4.98 Å². The molecular formula is C26H27N3O3S.